The molecule has 306 valence electrons. The van der Waals surface area contributed by atoms with Gasteiger partial charge in [-0.15, -0.1) is 0 Å². The highest BCUT2D eigenvalue weighted by atomic mass is 16.7. The first-order valence-electron chi connectivity index (χ1n) is 21.4. The number of fused-ring (bicyclic) bond motifs is 5. The van der Waals surface area contributed by atoms with Crippen LogP contribution >= 0.6 is 0 Å². The second-order valence-electron chi connectivity index (χ2n) is 16.8. The highest BCUT2D eigenvalue weighted by Crippen LogP contribution is 2.40. The van der Waals surface area contributed by atoms with Gasteiger partial charge in [0.1, 0.15) is 35.3 Å². The van der Waals surface area contributed by atoms with E-state index in [9.17, 15) is 0 Å². The highest BCUT2D eigenvalue weighted by molar-refractivity contribution is 5.64. The maximum Gasteiger partial charge on any atom is 0.231 e. The van der Waals surface area contributed by atoms with Crippen molar-refractivity contribution in [2.75, 3.05) is 47.1 Å². The first-order valence-corrected chi connectivity index (χ1v) is 21.4. The van der Waals surface area contributed by atoms with Gasteiger partial charge in [-0.1, -0.05) is 48.5 Å². The van der Waals surface area contributed by atoms with Crippen LogP contribution in [0.15, 0.2) is 95.7 Å². The number of ether oxygens (including phenoxy) is 4. The lowest BCUT2D eigenvalue weighted by molar-refractivity contribution is -0.0276. The summed E-state index contributed by atoms with van der Waals surface area (Å²) in [5.41, 5.74) is 8.10. The van der Waals surface area contributed by atoms with Crippen LogP contribution in [0.1, 0.15) is 77.6 Å². The molecule has 0 aliphatic carbocycles. The number of imidazole rings is 2. The molecule has 2 saturated heterocycles. The van der Waals surface area contributed by atoms with Crippen LogP contribution in [0, 0.1) is 6.92 Å². The molecule has 5 aliphatic heterocycles. The van der Waals surface area contributed by atoms with E-state index in [1.54, 1.807) is 0 Å². The van der Waals surface area contributed by atoms with Crippen LogP contribution in [0.5, 0.6) is 11.5 Å². The summed E-state index contributed by atoms with van der Waals surface area (Å²) in [4.78, 5) is 14.8. The number of rotatable bonds is 6. The van der Waals surface area contributed by atoms with E-state index in [1.165, 1.54) is 22.3 Å². The molecule has 11 rings (SSSR count). The van der Waals surface area contributed by atoms with Crippen LogP contribution in [0.3, 0.4) is 0 Å². The Kier molecular flexibility index (Phi) is 10.6. The van der Waals surface area contributed by atoms with E-state index in [-0.39, 0.29) is 31.2 Å². The molecular formula is C48H54N6O5. The number of hydrogen-bond acceptors (Lipinski definition) is 9. The standard InChI is InChI=1S/C25H27N3O3.C23H27N3O2/c1-27-11-9-19(10-12-27)31-24-20-5-3-2-4-17(20)8-13-28-15-21(26-25(24)28)18-6-7-22-23(14-18)30-16-29-22;1-16-7-8-21(27-16)20-15-26-14-9-17-5-3-4-6-19(17)22(23(26)24-20)28-18-10-12-25(2)13-11-18/h2-7,14-15,19,24H,8-13,16H2,1H3;3-8,15,18,22H,9-14H2,1-2H3. The van der Waals surface area contributed by atoms with E-state index in [0.717, 1.165) is 129 Å². The van der Waals surface area contributed by atoms with Gasteiger partial charge in [0.25, 0.3) is 0 Å². The van der Waals surface area contributed by atoms with Gasteiger partial charge in [-0.2, -0.15) is 0 Å². The molecule has 0 bridgehead atoms. The summed E-state index contributed by atoms with van der Waals surface area (Å²) >= 11 is 0. The summed E-state index contributed by atoms with van der Waals surface area (Å²) in [6, 6.07) is 27.4. The minimum absolute atomic E-state index is 0.128. The molecule has 0 radical (unpaired) electrons. The van der Waals surface area contributed by atoms with Crippen molar-refractivity contribution in [2.24, 2.45) is 0 Å². The smallest absolute Gasteiger partial charge is 0.231 e. The number of benzene rings is 3. The number of aryl methyl sites for hydroxylation is 5. The minimum Gasteiger partial charge on any atom is -0.460 e. The van der Waals surface area contributed by atoms with E-state index in [0.29, 0.717) is 0 Å². The third-order valence-corrected chi connectivity index (χ3v) is 12.7. The largest absolute Gasteiger partial charge is 0.460 e. The third kappa shape index (κ3) is 7.96. The molecule has 6 aromatic rings. The number of hydrogen-bond donors (Lipinski definition) is 0. The van der Waals surface area contributed by atoms with Crippen molar-refractivity contribution in [1.29, 1.82) is 0 Å². The number of aromatic nitrogens is 4. The van der Waals surface area contributed by atoms with E-state index >= 15 is 0 Å². The van der Waals surface area contributed by atoms with E-state index in [1.807, 2.05) is 31.2 Å². The molecule has 8 heterocycles. The van der Waals surface area contributed by atoms with Crippen molar-refractivity contribution in [3.63, 3.8) is 0 Å². The molecule has 2 fully saturated rings. The van der Waals surface area contributed by atoms with Crippen LogP contribution < -0.4 is 9.47 Å². The first kappa shape index (κ1) is 38.0. The van der Waals surface area contributed by atoms with Crippen molar-refractivity contribution < 1.29 is 23.4 Å². The third-order valence-electron chi connectivity index (χ3n) is 12.7. The Hall–Kier alpha value is -5.20. The van der Waals surface area contributed by atoms with E-state index < -0.39 is 0 Å². The molecular weight excluding hydrogens is 741 g/mol. The number of likely N-dealkylation sites (tertiary alicyclic amines) is 2. The Morgan fingerprint density at radius 3 is 1.71 bits per heavy atom. The van der Waals surface area contributed by atoms with Crippen LogP contribution in [0.25, 0.3) is 22.7 Å². The lowest BCUT2D eigenvalue weighted by atomic mass is 10.00. The summed E-state index contributed by atoms with van der Waals surface area (Å²) in [5, 5.41) is 0. The van der Waals surface area contributed by atoms with Crippen LogP contribution in [-0.2, 0) is 35.4 Å². The molecule has 11 nitrogen and oxygen atoms in total. The molecule has 0 saturated carbocycles. The quantitative estimate of drug-likeness (QED) is 0.165. The number of furan rings is 1. The van der Waals surface area contributed by atoms with Crippen LogP contribution in [0.2, 0.25) is 0 Å². The molecule has 0 spiro atoms. The van der Waals surface area contributed by atoms with Crippen molar-refractivity contribution in [3.8, 4) is 34.2 Å². The Labute approximate surface area is 346 Å². The molecule has 59 heavy (non-hydrogen) atoms. The van der Waals surface area contributed by atoms with Gasteiger partial charge in [0.2, 0.25) is 6.79 Å². The van der Waals surface area contributed by atoms with Gasteiger partial charge in [-0.05, 0) is 112 Å². The Balaban J connectivity index is 0.000000143. The van der Waals surface area contributed by atoms with Gasteiger partial charge in [0.05, 0.1) is 17.9 Å². The zero-order chi connectivity index (χ0) is 39.9. The zero-order valence-corrected chi connectivity index (χ0v) is 34.4. The summed E-state index contributed by atoms with van der Waals surface area (Å²) < 4.78 is 34.9. The molecule has 2 unspecified atom stereocenters. The summed E-state index contributed by atoms with van der Waals surface area (Å²) in [6.07, 6.45) is 10.8. The molecule has 3 aromatic heterocycles. The molecule has 0 N–H and O–H groups in total. The summed E-state index contributed by atoms with van der Waals surface area (Å²) in [6.45, 7) is 8.39. The minimum atomic E-state index is -0.144. The van der Waals surface area contributed by atoms with Gasteiger partial charge in [0.15, 0.2) is 17.3 Å². The Morgan fingerprint density at radius 2 is 1.14 bits per heavy atom. The molecule has 2 atom stereocenters. The van der Waals surface area contributed by atoms with Crippen molar-refractivity contribution in [1.82, 2.24) is 28.9 Å². The fraction of sp³-hybridized carbons (Fsp3) is 0.417. The number of nitrogens with zero attached hydrogens (tertiary/aromatic N) is 6. The van der Waals surface area contributed by atoms with Gasteiger partial charge in [0, 0.05) is 57.2 Å². The average Bonchev–Trinajstić information content (AvgIpc) is 4.07. The lowest BCUT2D eigenvalue weighted by Gasteiger charge is -2.32. The van der Waals surface area contributed by atoms with E-state index in [2.05, 4.69) is 100 Å². The highest BCUT2D eigenvalue weighted by Gasteiger charge is 2.33. The zero-order valence-electron chi connectivity index (χ0n) is 34.4. The van der Waals surface area contributed by atoms with Gasteiger partial charge >= 0.3 is 0 Å². The maximum atomic E-state index is 6.78. The van der Waals surface area contributed by atoms with Gasteiger partial charge < -0.3 is 42.3 Å². The second kappa shape index (κ2) is 16.5. The fourth-order valence-electron chi connectivity index (χ4n) is 9.21. The predicted molar refractivity (Wildman–Crippen MR) is 226 cm³/mol. The normalized spacial score (nSPS) is 20.7. The summed E-state index contributed by atoms with van der Waals surface area (Å²) in [7, 11) is 4.36. The SMILES string of the molecule is CN1CCC(OC2c3ccccc3CCn3cc(-c4ccc5c(c4)OCO5)nc32)CC1.Cc1ccc(-c2cn3c(n2)C(OC2CCN(C)CC2)c2ccccc2CC3)o1. The monoisotopic (exact) mass is 794 g/mol. The number of piperidine rings is 2. The lowest BCUT2D eigenvalue weighted by Crippen LogP contribution is -2.35. The predicted octanol–water partition coefficient (Wildman–Crippen LogP) is 8.24. The van der Waals surface area contributed by atoms with Crippen molar-refractivity contribution in [2.45, 2.75) is 83.0 Å². The maximum absolute atomic E-state index is 6.78. The fourth-order valence-corrected chi connectivity index (χ4v) is 9.21. The summed E-state index contributed by atoms with van der Waals surface area (Å²) in [5.74, 6) is 5.30. The second-order valence-corrected chi connectivity index (χ2v) is 16.8. The van der Waals surface area contributed by atoms with Gasteiger partial charge in [-0.25, -0.2) is 9.97 Å². The molecule has 11 heteroatoms. The average molecular weight is 795 g/mol. The Morgan fingerprint density at radius 1 is 0.593 bits per heavy atom. The topological polar surface area (TPSA) is 92.2 Å². The Bertz CT molecular complexity index is 2400. The van der Waals surface area contributed by atoms with Crippen molar-refractivity contribution in [3.05, 3.63) is 131 Å². The van der Waals surface area contributed by atoms with Crippen LogP contribution in [0.4, 0.5) is 0 Å². The van der Waals surface area contributed by atoms with Gasteiger partial charge in [-0.3, -0.25) is 0 Å². The van der Waals surface area contributed by atoms with Crippen molar-refractivity contribution >= 4 is 0 Å². The molecule has 3 aromatic carbocycles. The molecule has 0 amide bonds. The molecule has 5 aliphatic rings. The van der Waals surface area contributed by atoms with Crippen LogP contribution in [-0.4, -0.2) is 88.2 Å². The first-order chi connectivity index (χ1) is 28.9. The van der Waals surface area contributed by atoms with E-state index in [4.69, 9.17) is 33.3 Å².